The first-order valence-electron chi connectivity index (χ1n) is 9.77. The van der Waals surface area contributed by atoms with Crippen LogP contribution in [0.5, 0.6) is 0 Å². The largest absolute Gasteiger partial charge is 0.435 e. The first-order valence-corrected chi connectivity index (χ1v) is 11.3. The van der Waals surface area contributed by atoms with Gasteiger partial charge in [0, 0.05) is 18.3 Å². The number of halogens is 7. The summed E-state index contributed by atoms with van der Waals surface area (Å²) < 4.78 is 41.3. The van der Waals surface area contributed by atoms with E-state index < -0.39 is 23.8 Å². The molecule has 1 atom stereocenters. The molecule has 1 aliphatic heterocycles. The fourth-order valence-electron chi connectivity index (χ4n) is 3.62. The number of rotatable bonds is 4. The molecule has 0 radical (unpaired) electrons. The molecule has 2 aromatic carbocycles. The predicted molar refractivity (Wildman–Crippen MR) is 126 cm³/mol. The summed E-state index contributed by atoms with van der Waals surface area (Å²) >= 11 is 24.2. The number of hydrogen-bond donors (Lipinski definition) is 2. The van der Waals surface area contributed by atoms with E-state index in [1.54, 1.807) is 31.2 Å². The predicted octanol–water partition coefficient (Wildman–Crippen LogP) is 7.12. The molecule has 0 bridgehead atoms. The average Bonchev–Trinajstić information content (AvgIpc) is 3.19. The van der Waals surface area contributed by atoms with E-state index in [4.69, 9.17) is 46.4 Å². The third-order valence-corrected chi connectivity index (χ3v) is 6.68. The summed E-state index contributed by atoms with van der Waals surface area (Å²) in [5, 5.41) is 10.5. The van der Waals surface area contributed by atoms with Gasteiger partial charge in [-0.25, -0.2) is 4.68 Å². The minimum atomic E-state index is -4.67. The monoisotopic (exact) mass is 548 g/mol. The van der Waals surface area contributed by atoms with Gasteiger partial charge < -0.3 is 10.6 Å². The number of allylic oxidation sites excluding steroid dienone is 1. The van der Waals surface area contributed by atoms with Crippen LogP contribution in [0.15, 0.2) is 53.7 Å². The number of fused-ring (bicyclic) bond motifs is 1. The molecule has 34 heavy (non-hydrogen) atoms. The molecule has 0 saturated heterocycles. The number of anilines is 1. The quantitative estimate of drug-likeness (QED) is 0.364. The van der Waals surface area contributed by atoms with Gasteiger partial charge >= 0.3 is 6.18 Å². The van der Waals surface area contributed by atoms with Crippen molar-refractivity contribution >= 4 is 58.1 Å². The Hall–Kier alpha value is -2.39. The van der Waals surface area contributed by atoms with Crippen molar-refractivity contribution in [3.63, 3.8) is 0 Å². The minimum absolute atomic E-state index is 0.0851. The van der Waals surface area contributed by atoms with Crippen molar-refractivity contribution in [2.75, 3.05) is 5.32 Å². The van der Waals surface area contributed by atoms with E-state index in [1.165, 1.54) is 12.1 Å². The van der Waals surface area contributed by atoms with Crippen LogP contribution < -0.4 is 10.6 Å². The number of benzene rings is 2. The van der Waals surface area contributed by atoms with Crippen molar-refractivity contribution in [2.45, 2.75) is 25.7 Å². The van der Waals surface area contributed by atoms with E-state index in [9.17, 15) is 18.0 Å². The summed E-state index contributed by atoms with van der Waals surface area (Å²) in [4.78, 5) is 13.3. The number of hydrogen-bond acceptors (Lipinski definition) is 3. The van der Waals surface area contributed by atoms with Gasteiger partial charge in [-0.2, -0.15) is 18.3 Å². The number of carbonyl (C=O) groups excluding carboxylic acids is 1. The van der Waals surface area contributed by atoms with Gasteiger partial charge in [0.1, 0.15) is 11.9 Å². The van der Waals surface area contributed by atoms with Gasteiger partial charge in [-0.1, -0.05) is 58.5 Å². The lowest BCUT2D eigenvalue weighted by Gasteiger charge is -2.30. The maximum absolute atomic E-state index is 13.4. The first-order chi connectivity index (χ1) is 16.0. The molecule has 0 spiro atoms. The average molecular weight is 550 g/mol. The van der Waals surface area contributed by atoms with Gasteiger partial charge in [0.05, 0.1) is 25.7 Å². The number of aromatic nitrogens is 2. The zero-order chi connectivity index (χ0) is 24.8. The van der Waals surface area contributed by atoms with Crippen LogP contribution in [0, 0.1) is 0 Å². The summed E-state index contributed by atoms with van der Waals surface area (Å²) in [6.45, 7) is 1.71. The van der Waals surface area contributed by atoms with Crippen LogP contribution in [-0.2, 0) is 17.5 Å². The number of alkyl halides is 3. The number of amides is 1. The number of nitrogens with one attached hydrogen (secondary N) is 2. The highest BCUT2D eigenvalue weighted by atomic mass is 35.5. The Bertz CT molecular complexity index is 1320. The van der Waals surface area contributed by atoms with E-state index >= 15 is 0 Å². The van der Waals surface area contributed by atoms with Crippen molar-refractivity contribution in [3.8, 4) is 0 Å². The summed E-state index contributed by atoms with van der Waals surface area (Å²) in [5.74, 6) is -0.427. The summed E-state index contributed by atoms with van der Waals surface area (Å²) in [6, 6.07) is 9.41. The van der Waals surface area contributed by atoms with Crippen LogP contribution in [0.3, 0.4) is 0 Å². The summed E-state index contributed by atoms with van der Waals surface area (Å²) in [5.41, 5.74) is 0.569. The Morgan fingerprint density at radius 2 is 1.68 bits per heavy atom. The van der Waals surface area contributed by atoms with Gasteiger partial charge in [0.15, 0.2) is 5.69 Å². The fourth-order valence-corrected chi connectivity index (χ4v) is 4.25. The topological polar surface area (TPSA) is 59.0 Å². The van der Waals surface area contributed by atoms with Crippen molar-refractivity contribution in [1.29, 1.82) is 0 Å². The Kier molecular flexibility index (Phi) is 6.79. The van der Waals surface area contributed by atoms with Crippen molar-refractivity contribution in [1.82, 2.24) is 15.1 Å². The lowest BCUT2D eigenvalue weighted by atomic mass is 9.94. The standard InChI is InChI=1S/C22H15Cl4F3N4O/c1-10-19(21(34)30-9-11-2-4-13(23)15(25)6-11)20(12-3-5-14(24)16(26)7-12)33-18(31-10)8-17(32-33)22(27,28)29/h2-8,20,31H,9H2,1H3,(H,30,34). The molecule has 1 amide bonds. The molecule has 5 nitrogen and oxygen atoms in total. The van der Waals surface area contributed by atoms with E-state index in [0.29, 0.717) is 26.9 Å². The van der Waals surface area contributed by atoms with Gasteiger partial charge in [-0.3, -0.25) is 4.79 Å². The minimum Gasteiger partial charge on any atom is -0.348 e. The second kappa shape index (κ2) is 9.34. The first kappa shape index (κ1) is 24.7. The molecular formula is C22H15Cl4F3N4O. The molecule has 1 aromatic heterocycles. The molecule has 0 saturated carbocycles. The van der Waals surface area contributed by atoms with Crippen molar-refractivity contribution < 1.29 is 18.0 Å². The summed E-state index contributed by atoms with van der Waals surface area (Å²) in [6.07, 6.45) is -4.67. The van der Waals surface area contributed by atoms with Crippen LogP contribution >= 0.6 is 46.4 Å². The molecule has 12 heteroatoms. The highest BCUT2D eigenvalue weighted by Crippen LogP contribution is 2.40. The van der Waals surface area contributed by atoms with E-state index in [-0.39, 0.29) is 28.0 Å². The van der Waals surface area contributed by atoms with Crippen LogP contribution in [0.2, 0.25) is 20.1 Å². The second-order valence-electron chi connectivity index (χ2n) is 7.53. The van der Waals surface area contributed by atoms with Gasteiger partial charge in [-0.15, -0.1) is 0 Å². The normalized spacial score (nSPS) is 15.7. The van der Waals surface area contributed by atoms with Crippen LogP contribution in [-0.4, -0.2) is 15.7 Å². The maximum atomic E-state index is 13.4. The van der Waals surface area contributed by atoms with Crippen LogP contribution in [0.25, 0.3) is 0 Å². The molecule has 2 heterocycles. The number of nitrogens with zero attached hydrogens (tertiary/aromatic N) is 2. The molecule has 3 aromatic rings. The summed E-state index contributed by atoms with van der Waals surface area (Å²) in [7, 11) is 0. The van der Waals surface area contributed by atoms with Crippen LogP contribution in [0.1, 0.15) is 29.8 Å². The van der Waals surface area contributed by atoms with Gasteiger partial charge in [0.25, 0.3) is 5.91 Å². The smallest absolute Gasteiger partial charge is 0.348 e. The Balaban J connectivity index is 1.74. The lowest BCUT2D eigenvalue weighted by molar-refractivity contribution is -0.141. The van der Waals surface area contributed by atoms with Crippen molar-refractivity contribution in [3.05, 3.63) is 90.6 Å². The third kappa shape index (κ3) is 4.86. The van der Waals surface area contributed by atoms with E-state index in [0.717, 1.165) is 10.7 Å². The molecule has 0 aliphatic carbocycles. The molecule has 1 aliphatic rings. The lowest BCUT2D eigenvalue weighted by Crippen LogP contribution is -2.34. The van der Waals surface area contributed by atoms with Crippen molar-refractivity contribution in [2.24, 2.45) is 0 Å². The SMILES string of the molecule is CC1=C(C(=O)NCc2ccc(Cl)c(Cl)c2)C(c2ccc(Cl)c(Cl)c2)n2nc(C(F)(F)F)cc2N1. The Labute approximate surface area is 212 Å². The highest BCUT2D eigenvalue weighted by Gasteiger charge is 2.39. The highest BCUT2D eigenvalue weighted by molar-refractivity contribution is 6.42. The van der Waals surface area contributed by atoms with Gasteiger partial charge in [0.2, 0.25) is 0 Å². The molecule has 4 rings (SSSR count). The third-order valence-electron chi connectivity index (χ3n) is 5.20. The Morgan fingerprint density at radius 1 is 1.03 bits per heavy atom. The molecule has 178 valence electrons. The zero-order valence-corrected chi connectivity index (χ0v) is 20.3. The molecular weight excluding hydrogens is 535 g/mol. The zero-order valence-electron chi connectivity index (χ0n) is 17.3. The van der Waals surface area contributed by atoms with E-state index in [2.05, 4.69) is 15.7 Å². The Morgan fingerprint density at radius 3 is 2.29 bits per heavy atom. The molecule has 0 fully saturated rings. The van der Waals surface area contributed by atoms with E-state index in [1.807, 2.05) is 0 Å². The van der Waals surface area contributed by atoms with Crippen LogP contribution in [0.4, 0.5) is 19.0 Å². The molecule has 1 unspecified atom stereocenters. The number of carbonyl (C=O) groups is 1. The van der Waals surface area contributed by atoms with Gasteiger partial charge in [-0.05, 0) is 42.3 Å². The molecule has 2 N–H and O–H groups in total. The fraction of sp³-hybridized carbons (Fsp3) is 0.182. The second-order valence-corrected chi connectivity index (χ2v) is 9.16. The maximum Gasteiger partial charge on any atom is 0.435 e.